The molecule has 7 nitrogen and oxygen atoms in total. The van der Waals surface area contributed by atoms with Crippen molar-refractivity contribution in [2.24, 2.45) is 0 Å². The number of non-ortho nitro benzene ring substituents is 1. The van der Waals surface area contributed by atoms with E-state index in [0.29, 0.717) is 36.8 Å². The van der Waals surface area contributed by atoms with E-state index in [1.165, 1.54) is 18.3 Å². The van der Waals surface area contributed by atoms with Gasteiger partial charge in [-0.2, -0.15) is 0 Å². The van der Waals surface area contributed by atoms with Gasteiger partial charge in [-0.05, 0) is 18.2 Å². The molecule has 0 aliphatic carbocycles. The maximum Gasteiger partial charge on any atom is 0.271 e. The van der Waals surface area contributed by atoms with Crippen LogP contribution < -0.4 is 4.90 Å². The number of hydrogen-bond acceptors (Lipinski definition) is 5. The number of nitro groups is 1. The van der Waals surface area contributed by atoms with Gasteiger partial charge in [-0.15, -0.1) is 0 Å². The van der Waals surface area contributed by atoms with E-state index in [-0.39, 0.29) is 16.7 Å². The molecule has 9 heteroatoms. The molecule has 1 amide bonds. The minimum Gasteiger partial charge on any atom is -0.367 e. The predicted molar refractivity (Wildman–Crippen MR) is 95.5 cm³/mol. The van der Waals surface area contributed by atoms with Crippen molar-refractivity contribution in [3.8, 4) is 0 Å². The van der Waals surface area contributed by atoms with Crippen LogP contribution in [0.25, 0.3) is 0 Å². The number of halogens is 2. The minimum atomic E-state index is -0.482. The van der Waals surface area contributed by atoms with Crippen molar-refractivity contribution in [2.75, 3.05) is 31.1 Å². The molecule has 25 heavy (non-hydrogen) atoms. The quantitative estimate of drug-likeness (QED) is 0.463. The maximum absolute atomic E-state index is 12.5. The second-order valence-corrected chi connectivity index (χ2v) is 6.28. The number of aromatic nitrogens is 1. The van der Waals surface area contributed by atoms with Gasteiger partial charge in [0.1, 0.15) is 5.15 Å². The van der Waals surface area contributed by atoms with Crippen molar-refractivity contribution in [1.82, 2.24) is 9.88 Å². The fraction of sp³-hybridized carbons (Fsp3) is 0.250. The van der Waals surface area contributed by atoms with E-state index >= 15 is 0 Å². The molecular weight excluding hydrogens is 367 g/mol. The van der Waals surface area contributed by atoms with Gasteiger partial charge in [0, 0.05) is 44.5 Å². The van der Waals surface area contributed by atoms with E-state index in [4.69, 9.17) is 23.2 Å². The smallest absolute Gasteiger partial charge is 0.271 e. The van der Waals surface area contributed by atoms with Gasteiger partial charge in [0.2, 0.25) is 0 Å². The highest BCUT2D eigenvalue weighted by Gasteiger charge is 2.25. The van der Waals surface area contributed by atoms with Crippen molar-refractivity contribution in [3.63, 3.8) is 0 Å². The lowest BCUT2D eigenvalue weighted by molar-refractivity contribution is -0.384. The number of anilines is 1. The largest absolute Gasteiger partial charge is 0.367 e. The van der Waals surface area contributed by atoms with E-state index in [9.17, 15) is 14.9 Å². The molecule has 0 saturated carbocycles. The van der Waals surface area contributed by atoms with Crippen LogP contribution in [0.1, 0.15) is 10.4 Å². The summed E-state index contributed by atoms with van der Waals surface area (Å²) >= 11 is 12.2. The summed E-state index contributed by atoms with van der Waals surface area (Å²) in [4.78, 5) is 30.5. The average Bonchev–Trinajstić information content (AvgIpc) is 2.61. The zero-order chi connectivity index (χ0) is 18.0. The lowest BCUT2D eigenvalue weighted by Gasteiger charge is -2.36. The first-order valence-corrected chi connectivity index (χ1v) is 8.31. The van der Waals surface area contributed by atoms with Crippen molar-refractivity contribution in [3.05, 3.63) is 62.4 Å². The highest BCUT2D eigenvalue weighted by atomic mass is 35.5. The van der Waals surface area contributed by atoms with Crippen molar-refractivity contribution < 1.29 is 9.72 Å². The Labute approximate surface area is 153 Å². The first-order valence-electron chi connectivity index (χ1n) is 7.56. The molecule has 1 aromatic heterocycles. The SMILES string of the molecule is O=C(c1cccnc1Cl)N1CCN(c2ccc([N+](=O)[O-])cc2Cl)CC1. The number of benzene rings is 1. The van der Waals surface area contributed by atoms with Gasteiger partial charge in [-0.3, -0.25) is 14.9 Å². The third-order valence-electron chi connectivity index (χ3n) is 4.04. The lowest BCUT2D eigenvalue weighted by Crippen LogP contribution is -2.49. The normalized spacial score (nSPS) is 14.5. The Morgan fingerprint density at radius 1 is 1.16 bits per heavy atom. The van der Waals surface area contributed by atoms with Crippen LogP contribution in [-0.4, -0.2) is 46.9 Å². The molecule has 130 valence electrons. The lowest BCUT2D eigenvalue weighted by atomic mass is 10.2. The number of pyridine rings is 1. The number of carbonyl (C=O) groups excluding carboxylic acids is 1. The number of rotatable bonds is 3. The van der Waals surface area contributed by atoms with Crippen LogP contribution >= 0.6 is 23.2 Å². The first-order chi connectivity index (χ1) is 12.0. The summed E-state index contributed by atoms with van der Waals surface area (Å²) in [6, 6.07) is 7.72. The first kappa shape index (κ1) is 17.4. The number of nitrogens with zero attached hydrogens (tertiary/aromatic N) is 4. The topological polar surface area (TPSA) is 79.6 Å². The molecule has 3 rings (SSSR count). The second-order valence-electron chi connectivity index (χ2n) is 5.51. The third kappa shape index (κ3) is 3.67. The van der Waals surface area contributed by atoms with Gasteiger partial charge in [0.25, 0.3) is 11.6 Å². The van der Waals surface area contributed by atoms with E-state index in [1.807, 2.05) is 4.90 Å². The van der Waals surface area contributed by atoms with Gasteiger partial charge < -0.3 is 9.80 Å². The van der Waals surface area contributed by atoms with E-state index in [0.717, 1.165) is 5.69 Å². The molecule has 1 aliphatic rings. The molecule has 0 atom stereocenters. The number of amides is 1. The molecule has 0 unspecified atom stereocenters. The molecule has 0 spiro atoms. The van der Waals surface area contributed by atoms with Crippen LogP contribution in [0.15, 0.2) is 36.5 Å². The van der Waals surface area contributed by atoms with Gasteiger partial charge in [-0.25, -0.2) is 4.98 Å². The molecular formula is C16H14Cl2N4O3. The molecule has 0 bridgehead atoms. The zero-order valence-electron chi connectivity index (χ0n) is 13.1. The molecule has 2 aromatic rings. The Hall–Kier alpha value is -2.38. The Kier molecular flexibility index (Phi) is 5.06. The van der Waals surface area contributed by atoms with Gasteiger partial charge in [-0.1, -0.05) is 23.2 Å². The molecule has 1 aromatic carbocycles. The Morgan fingerprint density at radius 3 is 2.48 bits per heavy atom. The van der Waals surface area contributed by atoms with Gasteiger partial charge in [0.05, 0.1) is 21.2 Å². The molecule has 0 N–H and O–H groups in total. The zero-order valence-corrected chi connectivity index (χ0v) is 14.6. The van der Waals surface area contributed by atoms with Crippen molar-refractivity contribution in [2.45, 2.75) is 0 Å². The summed E-state index contributed by atoms with van der Waals surface area (Å²) < 4.78 is 0. The summed E-state index contributed by atoms with van der Waals surface area (Å²) in [7, 11) is 0. The number of hydrogen-bond donors (Lipinski definition) is 0. The van der Waals surface area contributed by atoms with Gasteiger partial charge >= 0.3 is 0 Å². The second kappa shape index (κ2) is 7.25. The van der Waals surface area contributed by atoms with Crippen LogP contribution in [0.3, 0.4) is 0 Å². The predicted octanol–water partition coefficient (Wildman–Crippen LogP) is 3.26. The van der Waals surface area contributed by atoms with Crippen LogP contribution in [0.5, 0.6) is 0 Å². The summed E-state index contributed by atoms with van der Waals surface area (Å²) in [5, 5.41) is 11.3. The van der Waals surface area contributed by atoms with Crippen molar-refractivity contribution in [1.29, 1.82) is 0 Å². The Morgan fingerprint density at radius 2 is 1.88 bits per heavy atom. The molecule has 1 fully saturated rings. The maximum atomic E-state index is 12.5. The van der Waals surface area contributed by atoms with Crippen LogP contribution in [0.2, 0.25) is 10.2 Å². The van der Waals surface area contributed by atoms with Crippen LogP contribution in [0.4, 0.5) is 11.4 Å². The van der Waals surface area contributed by atoms with Gasteiger partial charge in [0.15, 0.2) is 0 Å². The summed E-state index contributed by atoms with van der Waals surface area (Å²) in [6.07, 6.45) is 1.54. The summed E-state index contributed by atoms with van der Waals surface area (Å²) in [5.74, 6) is -0.160. The fourth-order valence-corrected chi connectivity index (χ4v) is 3.23. The van der Waals surface area contributed by atoms with Crippen molar-refractivity contribution >= 4 is 40.5 Å². The highest BCUT2D eigenvalue weighted by molar-refractivity contribution is 6.33. The Balaban J connectivity index is 1.69. The van der Waals surface area contributed by atoms with Crippen LogP contribution in [-0.2, 0) is 0 Å². The average molecular weight is 381 g/mol. The molecule has 2 heterocycles. The Bertz CT molecular complexity index is 823. The summed E-state index contributed by atoms with van der Waals surface area (Å²) in [5.41, 5.74) is 1.05. The molecule has 0 radical (unpaired) electrons. The fourth-order valence-electron chi connectivity index (χ4n) is 2.73. The van der Waals surface area contributed by atoms with Crippen LogP contribution in [0, 0.1) is 10.1 Å². The highest BCUT2D eigenvalue weighted by Crippen LogP contribution is 2.30. The van der Waals surface area contributed by atoms with E-state index in [1.54, 1.807) is 23.1 Å². The standard InChI is InChI=1S/C16H14Cl2N4O3/c17-13-10-11(22(24)25)3-4-14(13)20-6-8-21(9-7-20)16(23)12-2-1-5-19-15(12)18/h1-5,10H,6-9H2. The number of piperazine rings is 1. The minimum absolute atomic E-state index is 0.0474. The third-order valence-corrected chi connectivity index (χ3v) is 4.64. The summed E-state index contributed by atoms with van der Waals surface area (Å²) in [6.45, 7) is 2.14. The van der Waals surface area contributed by atoms with E-state index in [2.05, 4.69) is 4.98 Å². The number of carbonyl (C=O) groups is 1. The monoisotopic (exact) mass is 380 g/mol. The molecule has 1 saturated heterocycles. The number of nitro benzene ring substituents is 1. The van der Waals surface area contributed by atoms with E-state index < -0.39 is 4.92 Å². The molecule has 1 aliphatic heterocycles.